The van der Waals surface area contributed by atoms with Gasteiger partial charge < -0.3 is 9.84 Å². The molecule has 1 amide bonds. The maximum atomic E-state index is 12.3. The van der Waals surface area contributed by atoms with E-state index in [0.717, 1.165) is 10.5 Å². The van der Waals surface area contributed by atoms with Gasteiger partial charge >= 0.3 is 12.1 Å². The Morgan fingerprint density at radius 3 is 2.43 bits per heavy atom. The molecule has 0 bridgehead atoms. The Balaban J connectivity index is 2.24. The second kappa shape index (κ2) is 6.50. The van der Waals surface area contributed by atoms with Crippen LogP contribution in [0.25, 0.3) is 0 Å². The topological polar surface area (TPSA) is 90.6 Å². The number of amides is 1. The number of hydrogen-bond acceptors (Lipinski definition) is 5. The molecule has 1 saturated heterocycles. The summed E-state index contributed by atoms with van der Waals surface area (Å²) in [7, 11) is 0. The molecule has 1 fully saturated rings. The smallest absolute Gasteiger partial charge is 0.409 e. The zero-order valence-electron chi connectivity index (χ0n) is 13.1. The van der Waals surface area contributed by atoms with Crippen molar-refractivity contribution in [1.82, 2.24) is 4.90 Å². The highest BCUT2D eigenvalue weighted by molar-refractivity contribution is 7.99. The van der Waals surface area contributed by atoms with E-state index in [2.05, 4.69) is 0 Å². The van der Waals surface area contributed by atoms with E-state index < -0.39 is 29.1 Å². The van der Waals surface area contributed by atoms with Gasteiger partial charge in [-0.05, 0) is 38.5 Å². The van der Waals surface area contributed by atoms with Gasteiger partial charge in [0.15, 0.2) is 0 Å². The molecule has 1 N–H and O–H groups in total. The highest BCUT2D eigenvalue weighted by atomic mass is 32.2. The van der Waals surface area contributed by atoms with Crippen molar-refractivity contribution < 1.29 is 19.4 Å². The van der Waals surface area contributed by atoms with Gasteiger partial charge in [0.05, 0.1) is 11.6 Å². The number of carboxylic acid groups (broad SMARTS) is 1. The molecule has 2 rings (SSSR count). The van der Waals surface area contributed by atoms with E-state index in [-0.39, 0.29) is 0 Å². The molecule has 0 saturated carbocycles. The molecule has 0 radical (unpaired) electrons. The molecule has 6 nitrogen and oxygen atoms in total. The first-order valence-corrected chi connectivity index (χ1v) is 8.13. The lowest BCUT2D eigenvalue weighted by molar-refractivity contribution is -0.159. The van der Waals surface area contributed by atoms with Crippen LogP contribution in [0.1, 0.15) is 37.3 Å². The molecule has 1 aliphatic heterocycles. The molecule has 1 aliphatic rings. The molecule has 7 heteroatoms. The minimum absolute atomic E-state index is 0.339. The van der Waals surface area contributed by atoms with E-state index in [4.69, 9.17) is 10.00 Å². The summed E-state index contributed by atoms with van der Waals surface area (Å²) in [6, 6.07) is 7.88. The summed E-state index contributed by atoms with van der Waals surface area (Å²) in [5.74, 6) is -0.199. The highest BCUT2D eigenvalue weighted by Crippen LogP contribution is 2.42. The number of thioether (sulfide) groups is 1. The summed E-state index contributed by atoms with van der Waals surface area (Å²) in [4.78, 5) is 25.0. The largest absolute Gasteiger partial charge is 0.465 e. The number of nitrogens with zero attached hydrogens (tertiary/aromatic N) is 2. The van der Waals surface area contributed by atoms with E-state index >= 15 is 0 Å². The van der Waals surface area contributed by atoms with Gasteiger partial charge in [-0.1, -0.05) is 12.1 Å². The van der Waals surface area contributed by atoms with Crippen LogP contribution in [-0.2, 0) is 9.53 Å². The van der Waals surface area contributed by atoms with Gasteiger partial charge in [-0.15, -0.1) is 11.8 Å². The van der Waals surface area contributed by atoms with Crippen LogP contribution < -0.4 is 0 Å². The predicted molar refractivity (Wildman–Crippen MR) is 85.9 cm³/mol. The standard InChI is InChI=1S/C16H18N2O4S/c1-16(2,3)22-14(19)12-9-23-13(18(12)15(20)21)11-6-4-10(8-17)5-7-11/h4-7,12-13H,9H2,1-3H3,(H,20,21)/t12-,13?/m0/s1. The number of nitriles is 1. The summed E-state index contributed by atoms with van der Waals surface area (Å²) in [5.41, 5.74) is 0.572. The Bertz CT molecular complexity index is 646. The average molecular weight is 334 g/mol. The van der Waals surface area contributed by atoms with Crippen molar-refractivity contribution in [2.45, 2.75) is 37.8 Å². The number of ether oxygens (including phenoxy) is 1. The van der Waals surface area contributed by atoms with E-state index in [1.165, 1.54) is 11.8 Å². The van der Waals surface area contributed by atoms with Crippen LogP contribution in [0.4, 0.5) is 4.79 Å². The molecule has 0 aliphatic carbocycles. The minimum Gasteiger partial charge on any atom is -0.465 e. The Labute approximate surface area is 139 Å². The zero-order valence-corrected chi connectivity index (χ0v) is 14.0. The maximum absolute atomic E-state index is 12.3. The number of hydrogen-bond donors (Lipinski definition) is 1. The van der Waals surface area contributed by atoms with E-state index in [9.17, 15) is 14.7 Å². The fraction of sp³-hybridized carbons (Fsp3) is 0.438. The Hall–Kier alpha value is -2.20. The van der Waals surface area contributed by atoms with Gasteiger partial charge in [0.1, 0.15) is 17.0 Å². The summed E-state index contributed by atoms with van der Waals surface area (Å²) in [6.07, 6.45) is -1.17. The van der Waals surface area contributed by atoms with Gasteiger partial charge in [0.25, 0.3) is 0 Å². The first-order chi connectivity index (χ1) is 10.7. The molecule has 1 unspecified atom stereocenters. The van der Waals surface area contributed by atoms with Crippen LogP contribution in [0.3, 0.4) is 0 Å². The van der Waals surface area contributed by atoms with Gasteiger partial charge in [-0.2, -0.15) is 5.26 Å². The monoisotopic (exact) mass is 334 g/mol. The van der Waals surface area contributed by atoms with Gasteiger partial charge in [-0.25, -0.2) is 9.59 Å². The summed E-state index contributed by atoms with van der Waals surface area (Å²) in [6.45, 7) is 5.24. The number of carbonyl (C=O) groups excluding carboxylic acids is 1. The molecule has 23 heavy (non-hydrogen) atoms. The van der Waals surface area contributed by atoms with Crippen LogP contribution in [0.2, 0.25) is 0 Å². The van der Waals surface area contributed by atoms with Gasteiger partial charge in [-0.3, -0.25) is 4.90 Å². The second-order valence-corrected chi connectivity index (χ2v) is 7.27. The zero-order chi connectivity index (χ0) is 17.2. The van der Waals surface area contributed by atoms with Crippen molar-refractivity contribution in [3.8, 4) is 6.07 Å². The highest BCUT2D eigenvalue weighted by Gasteiger charge is 2.44. The maximum Gasteiger partial charge on any atom is 0.409 e. The summed E-state index contributed by atoms with van der Waals surface area (Å²) < 4.78 is 5.32. The number of carbonyl (C=O) groups is 2. The molecule has 0 aromatic heterocycles. The third kappa shape index (κ3) is 3.96. The predicted octanol–water partition coefficient (Wildman–Crippen LogP) is 2.99. The van der Waals surface area contributed by atoms with Crippen molar-refractivity contribution >= 4 is 23.8 Å². The molecule has 1 aromatic rings. The Morgan fingerprint density at radius 1 is 1.35 bits per heavy atom. The third-order valence-corrected chi connectivity index (χ3v) is 4.55. The van der Waals surface area contributed by atoms with Crippen LogP contribution in [0.15, 0.2) is 24.3 Å². The molecule has 1 aromatic carbocycles. The van der Waals surface area contributed by atoms with Crippen LogP contribution in [-0.4, -0.2) is 39.5 Å². The van der Waals surface area contributed by atoms with Crippen molar-refractivity contribution in [3.05, 3.63) is 35.4 Å². The van der Waals surface area contributed by atoms with Gasteiger partial charge in [0, 0.05) is 5.75 Å². The normalized spacial score (nSPS) is 20.9. The molecular formula is C16H18N2O4S. The first-order valence-electron chi connectivity index (χ1n) is 7.09. The summed E-state index contributed by atoms with van der Waals surface area (Å²) in [5, 5.41) is 17.9. The van der Waals surface area contributed by atoms with Crippen LogP contribution >= 0.6 is 11.8 Å². The average Bonchev–Trinajstić information content (AvgIpc) is 2.90. The SMILES string of the molecule is CC(C)(C)OC(=O)[C@@H]1CSC(c2ccc(C#N)cc2)N1C(=O)O. The van der Waals surface area contributed by atoms with Crippen LogP contribution in [0.5, 0.6) is 0 Å². The van der Waals surface area contributed by atoms with Crippen molar-refractivity contribution in [1.29, 1.82) is 5.26 Å². The van der Waals surface area contributed by atoms with Crippen molar-refractivity contribution in [2.75, 3.05) is 5.75 Å². The Kier molecular flexibility index (Phi) is 4.85. The lowest BCUT2D eigenvalue weighted by atomic mass is 10.1. The first kappa shape index (κ1) is 17.2. The summed E-state index contributed by atoms with van der Waals surface area (Å²) >= 11 is 1.37. The van der Waals surface area contributed by atoms with Crippen molar-refractivity contribution in [3.63, 3.8) is 0 Å². The fourth-order valence-corrected chi connectivity index (χ4v) is 3.68. The molecule has 2 atom stereocenters. The van der Waals surface area contributed by atoms with E-state index in [1.54, 1.807) is 45.0 Å². The molecule has 1 heterocycles. The molecule has 122 valence electrons. The Morgan fingerprint density at radius 2 is 1.96 bits per heavy atom. The number of benzene rings is 1. The quantitative estimate of drug-likeness (QED) is 0.836. The fourth-order valence-electron chi connectivity index (χ4n) is 2.27. The third-order valence-electron chi connectivity index (χ3n) is 3.23. The molecular weight excluding hydrogens is 316 g/mol. The minimum atomic E-state index is -1.17. The van der Waals surface area contributed by atoms with Crippen molar-refractivity contribution in [2.24, 2.45) is 0 Å². The number of rotatable bonds is 2. The van der Waals surface area contributed by atoms with Gasteiger partial charge in [0.2, 0.25) is 0 Å². The van der Waals surface area contributed by atoms with E-state index in [1.807, 2.05) is 6.07 Å². The number of esters is 1. The second-order valence-electron chi connectivity index (χ2n) is 6.16. The van der Waals surface area contributed by atoms with E-state index in [0.29, 0.717) is 11.3 Å². The van der Waals surface area contributed by atoms with Crippen LogP contribution in [0, 0.1) is 11.3 Å². The molecule has 0 spiro atoms. The lowest BCUT2D eigenvalue weighted by Crippen LogP contribution is -2.45. The lowest BCUT2D eigenvalue weighted by Gasteiger charge is -2.28.